The van der Waals surface area contributed by atoms with Crippen molar-refractivity contribution in [3.63, 3.8) is 0 Å². The van der Waals surface area contributed by atoms with Gasteiger partial charge in [-0.1, -0.05) is 93.9 Å². The number of aldehydes is 1. The van der Waals surface area contributed by atoms with Gasteiger partial charge >= 0.3 is 0 Å². The number of hydrogen-bond donors (Lipinski definition) is 5. The van der Waals surface area contributed by atoms with Gasteiger partial charge in [-0.25, -0.2) is 23.1 Å². The summed E-state index contributed by atoms with van der Waals surface area (Å²) in [5.41, 5.74) is 13.9. The van der Waals surface area contributed by atoms with Gasteiger partial charge in [0.1, 0.15) is 35.4 Å². The Morgan fingerprint density at radius 1 is 0.771 bits per heavy atom. The summed E-state index contributed by atoms with van der Waals surface area (Å²) in [6.07, 6.45) is 6.47. The van der Waals surface area contributed by atoms with Gasteiger partial charge in [0.25, 0.3) is 17.0 Å². The van der Waals surface area contributed by atoms with E-state index < -0.39 is 23.4 Å². The molecule has 1 amide bonds. The molecule has 0 radical (unpaired) electrons. The predicted octanol–water partition coefficient (Wildman–Crippen LogP) is 11.6. The number of carbonyl (C=O) groups is 2. The third-order valence-corrected chi connectivity index (χ3v) is 11.4. The molecule has 3 heterocycles. The number of aliphatic hydroxyl groups excluding tert-OH is 1. The van der Waals surface area contributed by atoms with Gasteiger partial charge in [-0.3, -0.25) is 19.2 Å². The van der Waals surface area contributed by atoms with Crippen LogP contribution in [0.4, 0.5) is 18.9 Å². The zero-order chi connectivity index (χ0) is 50.1. The van der Waals surface area contributed by atoms with Crippen LogP contribution in [-0.4, -0.2) is 50.4 Å². The number of fused-ring (bicyclic) bond motifs is 2. The van der Waals surface area contributed by atoms with Crippen molar-refractivity contribution in [2.45, 2.75) is 45.6 Å². The number of aromatic amines is 2. The maximum absolute atomic E-state index is 13.3. The first-order valence-electron chi connectivity index (χ1n) is 21.2. The van der Waals surface area contributed by atoms with E-state index in [0.717, 1.165) is 70.3 Å². The summed E-state index contributed by atoms with van der Waals surface area (Å²) in [7, 11) is 0. The Hall–Kier alpha value is -7.05. The highest BCUT2D eigenvalue weighted by Crippen LogP contribution is 2.36. The second kappa shape index (κ2) is 26.6. The van der Waals surface area contributed by atoms with E-state index in [9.17, 15) is 32.3 Å². The number of H-pyrrole nitrogens is 2. The minimum atomic E-state index is -0.720. The van der Waals surface area contributed by atoms with Crippen molar-refractivity contribution in [2.24, 2.45) is 5.73 Å². The van der Waals surface area contributed by atoms with Crippen LogP contribution in [0.5, 0.6) is 0 Å². The topological polar surface area (TPSA) is 207 Å². The summed E-state index contributed by atoms with van der Waals surface area (Å²) >= 11 is 6.60. The second-order valence-electron chi connectivity index (χ2n) is 15.3. The third kappa shape index (κ3) is 15.7. The number of allylic oxidation sites excluding steroid dienone is 1. The summed E-state index contributed by atoms with van der Waals surface area (Å²) in [4.78, 5) is 58.9. The van der Waals surface area contributed by atoms with Crippen molar-refractivity contribution < 1.29 is 32.6 Å². The molecule has 12 nitrogen and oxygen atoms in total. The van der Waals surface area contributed by atoms with E-state index in [1.807, 2.05) is 60.7 Å². The lowest BCUT2D eigenvalue weighted by Crippen LogP contribution is -2.19. The van der Waals surface area contributed by atoms with E-state index in [0.29, 0.717) is 28.2 Å². The average Bonchev–Trinajstić information content (AvgIpc) is 3.80. The third-order valence-electron chi connectivity index (χ3n) is 10.3. The van der Waals surface area contributed by atoms with Gasteiger partial charge in [0.2, 0.25) is 0 Å². The maximum atomic E-state index is 13.3. The molecule has 0 saturated carbocycles. The normalized spacial score (nSPS) is 13.4. The molecule has 0 spiro atoms. The Morgan fingerprint density at radius 3 is 1.66 bits per heavy atom. The molecule has 6 aromatic carbocycles. The largest absolute Gasteiger partial charge is 0.398 e. The van der Waals surface area contributed by atoms with Crippen molar-refractivity contribution in [3.05, 3.63) is 204 Å². The molecular formula is C53H51Br2F3N6O6. The summed E-state index contributed by atoms with van der Waals surface area (Å²) in [5.74, 6) is -1.19. The second-order valence-corrected chi connectivity index (χ2v) is 17.2. The summed E-state index contributed by atoms with van der Waals surface area (Å²) in [5, 5.41) is 8.65. The van der Waals surface area contributed by atoms with Gasteiger partial charge in [-0.2, -0.15) is 0 Å². The lowest BCUT2D eigenvalue weighted by molar-refractivity contribution is 0.0168. The molecule has 1 aliphatic rings. The number of aromatic nitrogens is 4. The standard InChI is InChI=1S/C19H17FN2O2.C14H8BrFN2O.C7H5BrO.C7H7FN2O.C5H10O.CH4/c1-19(9-2-10-24-19)13-5-3-12(4-6-13)17-21-16-8-7-14(20)11-15(16)18(23)22-17;15-9-3-1-8(2-4-9)13-17-12-6-5-10(16)7-11(12)14(19)18-13;8-7-3-1-6(5-9)2-4-7;8-4-1-2-6(9)5(3-4)7(10)11;1-2-3-4-5-6;/h3-8,11H,2,9-10H2,1H3,(H,21,22,23);1-7H,(H,17,18,19);1-5H;1-3H,9H2,(H2,10,11);2,6H,1,3-5H2;1H4. The van der Waals surface area contributed by atoms with Crippen molar-refractivity contribution in [1.29, 1.82) is 0 Å². The highest BCUT2D eigenvalue weighted by molar-refractivity contribution is 9.10. The fourth-order valence-corrected chi connectivity index (χ4v) is 7.14. The van der Waals surface area contributed by atoms with Crippen LogP contribution in [0.1, 0.15) is 66.3 Å². The van der Waals surface area contributed by atoms with Crippen molar-refractivity contribution in [1.82, 2.24) is 19.9 Å². The lowest BCUT2D eigenvalue weighted by Gasteiger charge is -2.23. The molecule has 364 valence electrons. The van der Waals surface area contributed by atoms with Crippen LogP contribution in [0.3, 0.4) is 0 Å². The van der Waals surface area contributed by atoms with Gasteiger partial charge in [0, 0.05) is 44.5 Å². The van der Waals surface area contributed by atoms with E-state index in [2.05, 4.69) is 65.3 Å². The number of ether oxygens (including phenoxy) is 1. The van der Waals surface area contributed by atoms with Crippen molar-refractivity contribution >= 4 is 71.5 Å². The highest BCUT2D eigenvalue weighted by Gasteiger charge is 2.31. The Labute approximate surface area is 419 Å². The fraction of sp³-hybridized carbons (Fsp3) is 0.170. The Morgan fingerprint density at radius 2 is 1.24 bits per heavy atom. The first-order chi connectivity index (χ1) is 33.0. The molecular weight excluding hydrogens is 1030 g/mol. The van der Waals surface area contributed by atoms with Crippen molar-refractivity contribution in [3.8, 4) is 22.8 Å². The van der Waals surface area contributed by atoms with Gasteiger partial charge in [-0.15, -0.1) is 6.58 Å². The number of primary amides is 1. The Balaban J connectivity index is 0.000000206. The van der Waals surface area contributed by atoms with Gasteiger partial charge in [0.15, 0.2) is 0 Å². The van der Waals surface area contributed by atoms with E-state index >= 15 is 0 Å². The quantitative estimate of drug-likeness (QED) is 0.0424. The monoisotopic (exact) mass is 1080 g/mol. The fourth-order valence-electron chi connectivity index (χ4n) is 6.61. The van der Waals surface area contributed by atoms with Gasteiger partial charge < -0.3 is 31.3 Å². The van der Waals surface area contributed by atoms with Crippen LogP contribution in [0.2, 0.25) is 0 Å². The summed E-state index contributed by atoms with van der Waals surface area (Å²) in [6.45, 7) is 6.65. The van der Waals surface area contributed by atoms with E-state index in [-0.39, 0.29) is 52.8 Å². The molecule has 1 aliphatic heterocycles. The number of nitrogens with one attached hydrogen (secondary N) is 2. The molecule has 1 atom stereocenters. The van der Waals surface area contributed by atoms with Crippen LogP contribution < -0.4 is 22.6 Å². The maximum Gasteiger partial charge on any atom is 0.259 e. The lowest BCUT2D eigenvalue weighted by atomic mass is 9.92. The number of halogens is 5. The molecule has 1 fully saturated rings. The molecule has 8 aromatic rings. The SMILES string of the molecule is C.C=CCCCO.CC1(c2ccc(-c3nc4ccc(F)cc4c(=O)[nH]3)cc2)CCCO1.NC(=O)c1cc(F)ccc1N.O=Cc1ccc(Br)cc1.O=c1[nH]c(-c2ccc(Br)cc2)nc2ccc(F)cc12. The Bertz CT molecular complexity index is 3150. The molecule has 1 unspecified atom stereocenters. The number of aliphatic hydroxyl groups is 1. The number of amides is 1. The number of unbranched alkanes of at least 4 members (excludes halogenated alkanes) is 1. The first kappa shape index (κ1) is 55.5. The van der Waals surface area contributed by atoms with Crippen LogP contribution >= 0.6 is 31.9 Å². The number of nitrogen functional groups attached to an aromatic ring is 1. The smallest absolute Gasteiger partial charge is 0.259 e. The number of benzene rings is 6. The zero-order valence-corrected chi connectivity index (χ0v) is 40.3. The van der Waals surface area contributed by atoms with Crippen LogP contribution in [0.25, 0.3) is 44.6 Å². The molecule has 17 heteroatoms. The highest BCUT2D eigenvalue weighted by atomic mass is 79.9. The molecule has 1 saturated heterocycles. The van der Waals surface area contributed by atoms with Gasteiger partial charge in [-0.05, 0) is 117 Å². The Kier molecular flexibility index (Phi) is 21.1. The number of nitrogens with two attached hydrogens (primary N) is 2. The summed E-state index contributed by atoms with van der Waals surface area (Å²) < 4.78 is 46.6. The van der Waals surface area contributed by atoms with Crippen molar-refractivity contribution in [2.75, 3.05) is 18.9 Å². The van der Waals surface area contributed by atoms with E-state index in [1.165, 1.54) is 48.5 Å². The molecule has 2 aromatic heterocycles. The van der Waals surface area contributed by atoms with Gasteiger partial charge in [0.05, 0.1) is 33.0 Å². The number of nitrogens with zero attached hydrogens (tertiary/aromatic N) is 2. The van der Waals surface area contributed by atoms with E-state index in [1.54, 1.807) is 18.2 Å². The molecule has 7 N–H and O–H groups in total. The van der Waals surface area contributed by atoms with Crippen LogP contribution in [-0.2, 0) is 10.3 Å². The molecule has 70 heavy (non-hydrogen) atoms. The first-order valence-corrected chi connectivity index (χ1v) is 22.8. The number of anilines is 1. The predicted molar refractivity (Wildman–Crippen MR) is 278 cm³/mol. The number of carbonyl (C=O) groups excluding carboxylic acids is 2. The van der Waals surface area contributed by atoms with Crippen LogP contribution in [0, 0.1) is 17.5 Å². The minimum absolute atomic E-state index is 0. The zero-order valence-electron chi connectivity index (χ0n) is 37.2. The van der Waals surface area contributed by atoms with Crippen LogP contribution in [0.15, 0.2) is 159 Å². The molecule has 0 aliphatic carbocycles. The van der Waals surface area contributed by atoms with E-state index in [4.69, 9.17) is 21.3 Å². The number of rotatable bonds is 8. The minimum Gasteiger partial charge on any atom is -0.398 e. The molecule has 0 bridgehead atoms. The average molecular weight is 1080 g/mol. The summed E-state index contributed by atoms with van der Waals surface area (Å²) in [6, 6.07) is 34.0. The molecule has 9 rings (SSSR count). The number of hydrogen-bond acceptors (Lipinski definition) is 9.